The van der Waals surface area contributed by atoms with Gasteiger partial charge in [0.25, 0.3) is 10.3 Å². The summed E-state index contributed by atoms with van der Waals surface area (Å²) in [6.07, 6.45) is 0. The fraction of sp³-hybridized carbons (Fsp3) is 0.500. The summed E-state index contributed by atoms with van der Waals surface area (Å²) in [6, 6.07) is 0. The molecule has 2 nitrogen and oxygen atoms in total. The highest BCUT2D eigenvalue weighted by Crippen LogP contribution is 1.86. The molecule has 0 rings (SSSR count). The molecule has 0 aliphatic carbocycles. The molecule has 0 saturated heterocycles. The van der Waals surface area contributed by atoms with Crippen LogP contribution in [-0.2, 0) is 10.3 Å². The molecule has 0 saturated carbocycles. The van der Waals surface area contributed by atoms with Gasteiger partial charge in [-0.25, -0.2) is 0 Å². The third-order valence-corrected chi connectivity index (χ3v) is 1.37. The van der Waals surface area contributed by atoms with Crippen molar-refractivity contribution in [3.05, 3.63) is 5.57 Å². The smallest absolute Gasteiger partial charge is 0.176 e. The Kier molecular flexibility index (Phi) is 3.61. The molecular formula is C4H5ClO2S. The highest BCUT2D eigenvalue weighted by Gasteiger charge is 1.78. The van der Waals surface area contributed by atoms with Gasteiger partial charge in [0.15, 0.2) is 0 Å². The van der Waals surface area contributed by atoms with E-state index in [1.54, 1.807) is 6.92 Å². The molecule has 0 aromatic rings. The maximum absolute atomic E-state index is 9.78. The molecule has 46 valence electrons. The van der Waals surface area contributed by atoms with Crippen molar-refractivity contribution in [1.82, 2.24) is 0 Å². The van der Waals surface area contributed by atoms with Gasteiger partial charge in [0.05, 0.1) is 5.88 Å². The molecule has 4 heteroatoms. The average Bonchev–Trinajstić information content (AvgIpc) is 1.65. The third kappa shape index (κ3) is 3.93. The van der Waals surface area contributed by atoms with Crippen molar-refractivity contribution in [3.63, 3.8) is 0 Å². The van der Waals surface area contributed by atoms with Crippen molar-refractivity contribution in [3.8, 4) is 0 Å². The largest absolute Gasteiger partial charge is 0.260 e. The second-order valence-corrected chi connectivity index (χ2v) is 2.19. The summed E-state index contributed by atoms with van der Waals surface area (Å²) < 4.78 is 19.6. The van der Waals surface area contributed by atoms with Gasteiger partial charge in [0.2, 0.25) is 0 Å². The van der Waals surface area contributed by atoms with Crippen molar-refractivity contribution in [2.45, 2.75) is 6.92 Å². The summed E-state index contributed by atoms with van der Waals surface area (Å²) in [6.45, 7) is 1.60. The molecule has 0 aliphatic heterocycles. The molecule has 0 aliphatic rings. The monoisotopic (exact) mass is 152 g/mol. The molecule has 0 aromatic carbocycles. The van der Waals surface area contributed by atoms with E-state index in [1.165, 1.54) is 0 Å². The quantitative estimate of drug-likeness (QED) is 0.404. The molecular weight excluding hydrogens is 148 g/mol. The Labute approximate surface area is 54.3 Å². The van der Waals surface area contributed by atoms with Crippen LogP contribution >= 0.6 is 11.6 Å². The molecule has 0 fully saturated rings. The molecule has 0 radical (unpaired) electrons. The van der Waals surface area contributed by atoms with E-state index >= 15 is 0 Å². The Balaban J connectivity index is 4.66. The SMILES string of the molecule is CC(=C=S(=O)=O)CCl. The topological polar surface area (TPSA) is 34.1 Å². The lowest BCUT2D eigenvalue weighted by Gasteiger charge is -1.76. The van der Waals surface area contributed by atoms with Gasteiger partial charge in [-0.05, 0) is 12.5 Å². The van der Waals surface area contributed by atoms with Crippen LogP contribution in [0.1, 0.15) is 6.92 Å². The fourth-order valence-electron chi connectivity index (χ4n) is 0.170. The third-order valence-electron chi connectivity index (χ3n) is 0.458. The van der Waals surface area contributed by atoms with E-state index in [4.69, 9.17) is 11.6 Å². The van der Waals surface area contributed by atoms with E-state index in [0.717, 1.165) is 0 Å². The van der Waals surface area contributed by atoms with Gasteiger partial charge in [-0.1, -0.05) is 0 Å². The maximum Gasteiger partial charge on any atom is 0.260 e. The second-order valence-electron chi connectivity index (χ2n) is 1.25. The molecule has 0 N–H and O–H groups in total. The maximum atomic E-state index is 9.78. The number of halogens is 1. The van der Waals surface area contributed by atoms with Crippen LogP contribution in [0.15, 0.2) is 5.57 Å². The number of hydrogen-bond acceptors (Lipinski definition) is 2. The summed E-state index contributed by atoms with van der Waals surface area (Å²) >= 11 is 5.22. The predicted molar refractivity (Wildman–Crippen MR) is 33.8 cm³/mol. The zero-order valence-corrected chi connectivity index (χ0v) is 5.88. The van der Waals surface area contributed by atoms with Gasteiger partial charge >= 0.3 is 0 Å². The molecule has 0 spiro atoms. The zero-order chi connectivity index (χ0) is 6.57. The van der Waals surface area contributed by atoms with E-state index in [-0.39, 0.29) is 5.88 Å². The summed E-state index contributed by atoms with van der Waals surface area (Å²) in [5, 5.41) is 2.09. The molecule has 0 bridgehead atoms. The van der Waals surface area contributed by atoms with E-state index in [1.807, 2.05) is 0 Å². The fourth-order valence-corrected chi connectivity index (χ4v) is 0.672. The van der Waals surface area contributed by atoms with Gasteiger partial charge in [-0.2, -0.15) is 8.42 Å². The van der Waals surface area contributed by atoms with Gasteiger partial charge in [-0.15, -0.1) is 11.6 Å². The average molecular weight is 153 g/mol. The summed E-state index contributed by atoms with van der Waals surface area (Å²) in [5.74, 6) is 0.216. The first-order valence-electron chi connectivity index (χ1n) is 1.91. The predicted octanol–water partition coefficient (Wildman–Crippen LogP) is 0.452. The Morgan fingerprint density at radius 3 is 2.38 bits per heavy atom. The van der Waals surface area contributed by atoms with Gasteiger partial charge < -0.3 is 0 Å². The van der Waals surface area contributed by atoms with E-state index in [2.05, 4.69) is 5.02 Å². The summed E-state index contributed by atoms with van der Waals surface area (Å²) in [7, 11) is -2.22. The van der Waals surface area contributed by atoms with Crippen LogP contribution in [-0.4, -0.2) is 19.3 Å². The molecule has 0 atom stereocenters. The van der Waals surface area contributed by atoms with E-state index in [0.29, 0.717) is 5.57 Å². The van der Waals surface area contributed by atoms with E-state index in [9.17, 15) is 8.42 Å². The highest BCUT2D eigenvalue weighted by molar-refractivity contribution is 7.70. The Morgan fingerprint density at radius 1 is 1.75 bits per heavy atom. The van der Waals surface area contributed by atoms with Crippen LogP contribution in [0, 0.1) is 0 Å². The van der Waals surface area contributed by atoms with Crippen LogP contribution in [0.5, 0.6) is 0 Å². The van der Waals surface area contributed by atoms with Gasteiger partial charge in [0, 0.05) is 5.02 Å². The lowest BCUT2D eigenvalue weighted by atomic mass is 10.4. The molecule has 0 unspecified atom stereocenters. The second kappa shape index (κ2) is 3.72. The molecule has 0 aromatic heterocycles. The van der Waals surface area contributed by atoms with Gasteiger partial charge in [-0.3, -0.25) is 0 Å². The normalized spacial score (nSPS) is 7.75. The Hall–Kier alpha value is -0.240. The van der Waals surface area contributed by atoms with Crippen LogP contribution in [0.3, 0.4) is 0 Å². The van der Waals surface area contributed by atoms with Crippen LogP contribution < -0.4 is 0 Å². The Bertz CT molecular complexity index is 212. The number of allylic oxidation sites excluding steroid dienone is 1. The summed E-state index contributed by atoms with van der Waals surface area (Å²) in [5.41, 5.74) is 0.528. The molecule has 0 amide bonds. The first kappa shape index (κ1) is 7.76. The Morgan fingerprint density at radius 2 is 2.25 bits per heavy atom. The lowest BCUT2D eigenvalue weighted by Crippen LogP contribution is -1.75. The van der Waals surface area contributed by atoms with Crippen LogP contribution in [0.2, 0.25) is 0 Å². The first-order chi connectivity index (χ1) is 3.66. The number of rotatable bonds is 1. The van der Waals surface area contributed by atoms with Gasteiger partial charge in [0.1, 0.15) is 0 Å². The minimum atomic E-state index is -2.22. The minimum absolute atomic E-state index is 0.216. The number of hydrogen-bond donors (Lipinski definition) is 0. The van der Waals surface area contributed by atoms with Crippen LogP contribution in [0.4, 0.5) is 0 Å². The van der Waals surface area contributed by atoms with Crippen LogP contribution in [0.25, 0.3) is 0 Å². The first-order valence-corrected chi connectivity index (χ1v) is 3.52. The standard InChI is InChI=1S/C4H5ClO2S/c1-4(2-5)3-8(6)7/h2H2,1H3. The zero-order valence-electron chi connectivity index (χ0n) is 4.31. The lowest BCUT2D eigenvalue weighted by molar-refractivity contribution is 0.627. The van der Waals surface area contributed by atoms with E-state index < -0.39 is 10.3 Å². The van der Waals surface area contributed by atoms with Crippen molar-refractivity contribution >= 4 is 26.9 Å². The molecule has 0 heterocycles. The molecule has 8 heavy (non-hydrogen) atoms. The number of alkyl halides is 1. The summed E-state index contributed by atoms with van der Waals surface area (Å²) in [4.78, 5) is 0. The van der Waals surface area contributed by atoms with Crippen molar-refractivity contribution in [2.24, 2.45) is 0 Å². The highest BCUT2D eigenvalue weighted by atomic mass is 35.5. The van der Waals surface area contributed by atoms with Crippen molar-refractivity contribution < 1.29 is 8.42 Å². The minimum Gasteiger partial charge on any atom is -0.176 e. The van der Waals surface area contributed by atoms with Crippen molar-refractivity contribution in [1.29, 1.82) is 0 Å². The van der Waals surface area contributed by atoms with Crippen molar-refractivity contribution in [2.75, 3.05) is 5.88 Å².